The molecule has 23 heavy (non-hydrogen) atoms. The normalized spacial score (nSPS) is 14.7. The van der Waals surface area contributed by atoms with Crippen molar-refractivity contribution in [3.8, 4) is 5.69 Å². The van der Waals surface area contributed by atoms with Crippen LogP contribution in [0.15, 0.2) is 24.5 Å². The average Bonchev–Trinajstić information content (AvgIpc) is 2.72. The summed E-state index contributed by atoms with van der Waals surface area (Å²) in [4.78, 5) is 9.31. The number of fused-ring (bicyclic) bond motifs is 2. The van der Waals surface area contributed by atoms with Gasteiger partial charge in [0.1, 0.15) is 5.65 Å². The fourth-order valence-corrected chi connectivity index (χ4v) is 3.78. The van der Waals surface area contributed by atoms with Gasteiger partial charge in [0.05, 0.1) is 11.9 Å². The molecule has 4 nitrogen and oxygen atoms in total. The highest BCUT2D eigenvalue weighted by Gasteiger charge is 2.22. The van der Waals surface area contributed by atoms with Crippen LogP contribution in [0.5, 0.6) is 0 Å². The van der Waals surface area contributed by atoms with Crippen molar-refractivity contribution in [2.24, 2.45) is 0 Å². The summed E-state index contributed by atoms with van der Waals surface area (Å²) in [6.07, 6.45) is 9.45. The Morgan fingerprint density at radius 1 is 1.13 bits per heavy atom. The van der Waals surface area contributed by atoms with Gasteiger partial charge in [-0.2, -0.15) is 0 Å². The Labute approximate surface area is 136 Å². The minimum atomic E-state index is 0.940. The topological polar surface area (TPSA) is 56.7 Å². The highest BCUT2D eigenvalue weighted by Crippen LogP contribution is 2.36. The standard InChI is InChI=1S/C19H22N4/c1-12-13(2)23(14-7-6-10-21-11-14)19-17(12)18(20)15-8-4-3-5-9-16(15)22-19/h6-7,10-11H,3-5,8-9H2,1-2H3,(H2,20,22). The van der Waals surface area contributed by atoms with Gasteiger partial charge in [0.2, 0.25) is 0 Å². The maximum atomic E-state index is 6.60. The molecule has 0 aliphatic heterocycles. The zero-order valence-corrected chi connectivity index (χ0v) is 13.8. The van der Waals surface area contributed by atoms with Gasteiger partial charge in [0.15, 0.2) is 0 Å². The number of hydrogen-bond donors (Lipinski definition) is 1. The van der Waals surface area contributed by atoms with Crippen LogP contribution in [0.3, 0.4) is 0 Å². The molecule has 0 saturated heterocycles. The van der Waals surface area contributed by atoms with Gasteiger partial charge in [-0.1, -0.05) is 6.42 Å². The molecule has 3 heterocycles. The summed E-state index contributed by atoms with van der Waals surface area (Å²) in [6, 6.07) is 4.03. The summed E-state index contributed by atoms with van der Waals surface area (Å²) in [7, 11) is 0. The van der Waals surface area contributed by atoms with Crippen molar-refractivity contribution in [3.63, 3.8) is 0 Å². The van der Waals surface area contributed by atoms with Crippen LogP contribution in [0.1, 0.15) is 41.8 Å². The molecule has 118 valence electrons. The van der Waals surface area contributed by atoms with Gasteiger partial charge in [0, 0.05) is 28.7 Å². The van der Waals surface area contributed by atoms with E-state index < -0.39 is 0 Å². The minimum absolute atomic E-state index is 0.940. The molecule has 3 aromatic rings. The first-order valence-corrected chi connectivity index (χ1v) is 8.37. The maximum Gasteiger partial charge on any atom is 0.147 e. The van der Waals surface area contributed by atoms with Crippen molar-refractivity contribution in [2.75, 3.05) is 5.73 Å². The number of nitrogen functional groups attached to an aromatic ring is 1. The number of aryl methyl sites for hydroxylation is 2. The molecule has 1 aliphatic rings. The number of pyridine rings is 2. The van der Waals surface area contributed by atoms with E-state index in [1.165, 1.54) is 41.8 Å². The minimum Gasteiger partial charge on any atom is -0.398 e. The summed E-state index contributed by atoms with van der Waals surface area (Å²) in [5.74, 6) is 0. The Morgan fingerprint density at radius 2 is 1.96 bits per heavy atom. The third kappa shape index (κ3) is 2.12. The van der Waals surface area contributed by atoms with E-state index in [-0.39, 0.29) is 0 Å². The average molecular weight is 306 g/mol. The molecule has 1 aliphatic carbocycles. The predicted octanol–water partition coefficient (Wildman–Crippen LogP) is 3.89. The highest BCUT2D eigenvalue weighted by atomic mass is 15.1. The van der Waals surface area contributed by atoms with E-state index in [0.29, 0.717) is 0 Å². The monoisotopic (exact) mass is 306 g/mol. The third-order valence-corrected chi connectivity index (χ3v) is 5.12. The lowest BCUT2D eigenvalue weighted by Crippen LogP contribution is -2.05. The van der Waals surface area contributed by atoms with Crippen LogP contribution in [0, 0.1) is 13.8 Å². The molecule has 4 heteroatoms. The fraction of sp³-hybridized carbons (Fsp3) is 0.368. The largest absolute Gasteiger partial charge is 0.398 e. The van der Waals surface area contributed by atoms with Crippen LogP contribution in [0.25, 0.3) is 16.7 Å². The number of anilines is 1. The van der Waals surface area contributed by atoms with Gasteiger partial charge in [-0.05, 0) is 62.8 Å². The first kappa shape index (κ1) is 14.2. The second-order valence-corrected chi connectivity index (χ2v) is 6.47. The summed E-state index contributed by atoms with van der Waals surface area (Å²) in [5, 5.41) is 1.12. The molecule has 0 saturated carbocycles. The number of rotatable bonds is 1. The Balaban J connectivity index is 2.07. The lowest BCUT2D eigenvalue weighted by molar-refractivity contribution is 0.709. The molecule has 0 fully saturated rings. The summed E-state index contributed by atoms with van der Waals surface area (Å²) in [6.45, 7) is 4.28. The number of aromatic nitrogens is 3. The van der Waals surface area contributed by atoms with Gasteiger partial charge in [-0.15, -0.1) is 0 Å². The van der Waals surface area contributed by atoms with Crippen LogP contribution >= 0.6 is 0 Å². The molecule has 4 rings (SSSR count). The zero-order valence-electron chi connectivity index (χ0n) is 13.8. The van der Waals surface area contributed by atoms with Crippen molar-refractivity contribution in [2.45, 2.75) is 46.0 Å². The molecule has 2 N–H and O–H groups in total. The Hall–Kier alpha value is -2.36. The van der Waals surface area contributed by atoms with E-state index in [4.69, 9.17) is 10.7 Å². The van der Waals surface area contributed by atoms with Crippen molar-refractivity contribution in [1.29, 1.82) is 0 Å². The van der Waals surface area contributed by atoms with E-state index in [2.05, 4.69) is 29.5 Å². The molecule has 0 spiro atoms. The second kappa shape index (κ2) is 5.37. The zero-order chi connectivity index (χ0) is 16.0. The Kier molecular flexibility index (Phi) is 3.33. The molecule has 0 unspecified atom stereocenters. The summed E-state index contributed by atoms with van der Waals surface area (Å²) in [5.41, 5.74) is 14.4. The van der Waals surface area contributed by atoms with Gasteiger partial charge in [-0.25, -0.2) is 4.98 Å². The number of nitrogens with zero attached hydrogens (tertiary/aromatic N) is 3. The molecule has 0 radical (unpaired) electrons. The molecule has 0 aromatic carbocycles. The van der Waals surface area contributed by atoms with E-state index in [1.807, 2.05) is 12.3 Å². The number of hydrogen-bond acceptors (Lipinski definition) is 3. The SMILES string of the molecule is Cc1c(C)n(-c2cccnc2)c2nc3c(c(N)c12)CCCCC3. The molecule has 0 bridgehead atoms. The summed E-state index contributed by atoms with van der Waals surface area (Å²) < 4.78 is 2.19. The van der Waals surface area contributed by atoms with E-state index in [1.54, 1.807) is 6.20 Å². The molecule has 0 amide bonds. The fourth-order valence-electron chi connectivity index (χ4n) is 3.78. The Morgan fingerprint density at radius 3 is 2.74 bits per heavy atom. The van der Waals surface area contributed by atoms with E-state index in [9.17, 15) is 0 Å². The first-order chi connectivity index (χ1) is 11.2. The van der Waals surface area contributed by atoms with Gasteiger partial charge in [0.25, 0.3) is 0 Å². The van der Waals surface area contributed by atoms with E-state index in [0.717, 1.165) is 35.2 Å². The van der Waals surface area contributed by atoms with Crippen LogP contribution in [0.4, 0.5) is 5.69 Å². The summed E-state index contributed by atoms with van der Waals surface area (Å²) >= 11 is 0. The molecule has 3 aromatic heterocycles. The lowest BCUT2D eigenvalue weighted by atomic mass is 10.0. The highest BCUT2D eigenvalue weighted by molar-refractivity contribution is 5.96. The van der Waals surface area contributed by atoms with Crippen molar-refractivity contribution < 1.29 is 0 Å². The first-order valence-electron chi connectivity index (χ1n) is 8.37. The molecular formula is C19H22N4. The van der Waals surface area contributed by atoms with Crippen LogP contribution in [-0.4, -0.2) is 14.5 Å². The molecule has 0 atom stereocenters. The van der Waals surface area contributed by atoms with Crippen LogP contribution < -0.4 is 5.73 Å². The maximum absolute atomic E-state index is 6.60. The quantitative estimate of drug-likeness (QED) is 0.694. The third-order valence-electron chi connectivity index (χ3n) is 5.12. The second-order valence-electron chi connectivity index (χ2n) is 6.47. The van der Waals surface area contributed by atoms with Gasteiger partial charge in [-0.3, -0.25) is 9.55 Å². The van der Waals surface area contributed by atoms with Crippen molar-refractivity contribution in [1.82, 2.24) is 14.5 Å². The van der Waals surface area contributed by atoms with Crippen molar-refractivity contribution in [3.05, 3.63) is 47.0 Å². The lowest BCUT2D eigenvalue weighted by Gasteiger charge is -2.12. The predicted molar refractivity (Wildman–Crippen MR) is 94.0 cm³/mol. The smallest absolute Gasteiger partial charge is 0.147 e. The molecular weight excluding hydrogens is 284 g/mol. The van der Waals surface area contributed by atoms with E-state index >= 15 is 0 Å². The van der Waals surface area contributed by atoms with Crippen molar-refractivity contribution >= 4 is 16.7 Å². The van der Waals surface area contributed by atoms with Gasteiger partial charge < -0.3 is 5.73 Å². The number of nitrogens with two attached hydrogens (primary N) is 1. The van der Waals surface area contributed by atoms with Crippen LogP contribution in [0.2, 0.25) is 0 Å². The van der Waals surface area contributed by atoms with Crippen LogP contribution in [-0.2, 0) is 12.8 Å². The van der Waals surface area contributed by atoms with Gasteiger partial charge >= 0.3 is 0 Å². The Bertz CT molecular complexity index is 878.